The Balaban J connectivity index is 2.03. The number of rotatable bonds is 5. The van der Waals surface area contributed by atoms with Crippen LogP contribution < -0.4 is 10.2 Å². The van der Waals surface area contributed by atoms with Gasteiger partial charge in [0.1, 0.15) is 5.82 Å². The first kappa shape index (κ1) is 15.3. The summed E-state index contributed by atoms with van der Waals surface area (Å²) in [5.41, 5.74) is 2.45. The molecule has 4 nitrogen and oxygen atoms in total. The predicted molar refractivity (Wildman–Crippen MR) is 83.0 cm³/mol. The van der Waals surface area contributed by atoms with Crippen molar-refractivity contribution < 1.29 is 5.11 Å². The number of hydrogen-bond acceptors (Lipinski definition) is 4. The molecular weight excluding hydrogens is 250 g/mol. The largest absolute Gasteiger partial charge is 0.393 e. The van der Waals surface area contributed by atoms with Crippen LogP contribution in [0.2, 0.25) is 0 Å². The Morgan fingerprint density at radius 1 is 1.45 bits per heavy atom. The Hall–Kier alpha value is -1.13. The van der Waals surface area contributed by atoms with Crippen LogP contribution in [-0.4, -0.2) is 35.3 Å². The van der Waals surface area contributed by atoms with E-state index >= 15 is 0 Å². The Bertz CT molecular complexity index is 445. The Morgan fingerprint density at radius 3 is 2.75 bits per heavy atom. The van der Waals surface area contributed by atoms with E-state index in [2.05, 4.69) is 42.0 Å². The third kappa shape index (κ3) is 3.70. The maximum absolute atomic E-state index is 9.70. The smallest absolute Gasteiger partial charge is 0.131 e. The molecule has 1 fully saturated rings. The van der Waals surface area contributed by atoms with Crippen LogP contribution >= 0.6 is 0 Å². The Kier molecular flexibility index (Phi) is 5.00. The van der Waals surface area contributed by atoms with E-state index in [0.717, 1.165) is 31.9 Å². The van der Waals surface area contributed by atoms with Gasteiger partial charge in [-0.3, -0.25) is 0 Å². The van der Waals surface area contributed by atoms with Crippen molar-refractivity contribution in [2.45, 2.75) is 52.8 Å². The summed E-state index contributed by atoms with van der Waals surface area (Å²) < 4.78 is 0. The van der Waals surface area contributed by atoms with E-state index in [0.29, 0.717) is 12.0 Å². The van der Waals surface area contributed by atoms with Crippen LogP contribution in [0.1, 0.15) is 38.3 Å². The molecule has 2 unspecified atom stereocenters. The van der Waals surface area contributed by atoms with E-state index in [1.54, 1.807) is 0 Å². The van der Waals surface area contributed by atoms with Crippen LogP contribution in [0.5, 0.6) is 0 Å². The first-order valence-corrected chi connectivity index (χ1v) is 7.59. The van der Waals surface area contributed by atoms with Crippen LogP contribution in [0.25, 0.3) is 0 Å². The second-order valence-electron chi connectivity index (χ2n) is 6.26. The first-order valence-electron chi connectivity index (χ1n) is 7.59. The average Bonchev–Trinajstić information content (AvgIpc) is 2.86. The number of hydrogen-bond donors (Lipinski definition) is 2. The predicted octanol–water partition coefficient (Wildman–Crippen LogP) is 2.10. The number of pyridine rings is 1. The topological polar surface area (TPSA) is 48.4 Å². The van der Waals surface area contributed by atoms with E-state index in [1.165, 1.54) is 11.1 Å². The summed E-state index contributed by atoms with van der Waals surface area (Å²) in [6.45, 7) is 11.1. The van der Waals surface area contributed by atoms with Gasteiger partial charge in [-0.15, -0.1) is 0 Å². The van der Waals surface area contributed by atoms with Crippen molar-refractivity contribution in [1.29, 1.82) is 0 Å². The van der Waals surface area contributed by atoms with Gasteiger partial charge in [0.25, 0.3) is 0 Å². The van der Waals surface area contributed by atoms with Gasteiger partial charge >= 0.3 is 0 Å². The van der Waals surface area contributed by atoms with Gasteiger partial charge in [-0.05, 0) is 37.5 Å². The van der Waals surface area contributed by atoms with E-state index < -0.39 is 0 Å². The molecule has 0 saturated carbocycles. The molecule has 1 aromatic rings. The molecule has 20 heavy (non-hydrogen) atoms. The molecule has 0 spiro atoms. The molecule has 1 aliphatic rings. The lowest BCUT2D eigenvalue weighted by Crippen LogP contribution is -2.25. The second-order valence-corrected chi connectivity index (χ2v) is 6.26. The highest BCUT2D eigenvalue weighted by molar-refractivity contribution is 5.48. The maximum atomic E-state index is 9.70. The lowest BCUT2D eigenvalue weighted by atomic mass is 10.0. The van der Waals surface area contributed by atoms with Crippen molar-refractivity contribution in [3.8, 4) is 0 Å². The quantitative estimate of drug-likeness (QED) is 0.865. The van der Waals surface area contributed by atoms with Crippen molar-refractivity contribution in [3.05, 3.63) is 23.4 Å². The molecule has 0 radical (unpaired) electrons. The van der Waals surface area contributed by atoms with E-state index in [9.17, 15) is 5.11 Å². The lowest BCUT2D eigenvalue weighted by Gasteiger charge is -2.21. The van der Waals surface area contributed by atoms with Crippen molar-refractivity contribution in [2.24, 2.45) is 5.92 Å². The highest BCUT2D eigenvalue weighted by Crippen LogP contribution is 2.26. The zero-order valence-corrected chi connectivity index (χ0v) is 13.1. The third-order valence-corrected chi connectivity index (χ3v) is 4.03. The van der Waals surface area contributed by atoms with Crippen molar-refractivity contribution >= 4 is 5.82 Å². The number of aryl methyl sites for hydroxylation is 1. The summed E-state index contributed by atoms with van der Waals surface area (Å²) in [5, 5.41) is 13.1. The fourth-order valence-corrected chi connectivity index (χ4v) is 2.75. The summed E-state index contributed by atoms with van der Waals surface area (Å²) in [6.07, 6.45) is 2.79. The summed E-state index contributed by atoms with van der Waals surface area (Å²) >= 11 is 0. The molecule has 2 N–H and O–H groups in total. The monoisotopic (exact) mass is 277 g/mol. The van der Waals surface area contributed by atoms with Crippen molar-refractivity contribution in [3.63, 3.8) is 0 Å². The Labute approximate surface area is 122 Å². The molecule has 1 saturated heterocycles. The van der Waals surface area contributed by atoms with Crippen molar-refractivity contribution in [1.82, 2.24) is 10.3 Å². The minimum absolute atomic E-state index is 0.227. The number of nitrogens with zero attached hydrogens (tertiary/aromatic N) is 2. The summed E-state index contributed by atoms with van der Waals surface area (Å²) in [6, 6.07) is 2.70. The zero-order valence-electron chi connectivity index (χ0n) is 13.1. The number of aromatic nitrogens is 1. The van der Waals surface area contributed by atoms with E-state index in [1.807, 2.05) is 13.1 Å². The SMILES string of the molecule is Cc1cc(CNC(C)C)cnc1N1CCC(C(C)O)C1. The van der Waals surface area contributed by atoms with Gasteiger partial charge in [-0.2, -0.15) is 0 Å². The van der Waals surface area contributed by atoms with Gasteiger partial charge in [0.15, 0.2) is 0 Å². The van der Waals surface area contributed by atoms with Gasteiger partial charge in [-0.25, -0.2) is 4.98 Å². The highest BCUT2D eigenvalue weighted by atomic mass is 16.3. The molecule has 2 heterocycles. The molecule has 0 aromatic carbocycles. The molecule has 2 atom stereocenters. The molecule has 1 aromatic heterocycles. The number of aliphatic hydroxyl groups excluding tert-OH is 1. The van der Waals surface area contributed by atoms with E-state index in [-0.39, 0.29) is 6.10 Å². The van der Waals surface area contributed by atoms with Crippen LogP contribution in [0, 0.1) is 12.8 Å². The minimum Gasteiger partial charge on any atom is -0.393 e. The maximum Gasteiger partial charge on any atom is 0.131 e. The summed E-state index contributed by atoms with van der Waals surface area (Å²) in [5.74, 6) is 1.44. The fourth-order valence-electron chi connectivity index (χ4n) is 2.75. The van der Waals surface area contributed by atoms with Crippen LogP contribution in [-0.2, 0) is 6.54 Å². The minimum atomic E-state index is -0.227. The lowest BCUT2D eigenvalue weighted by molar-refractivity contribution is 0.136. The zero-order chi connectivity index (χ0) is 14.7. The highest BCUT2D eigenvalue weighted by Gasteiger charge is 2.27. The van der Waals surface area contributed by atoms with Gasteiger partial charge in [0.05, 0.1) is 6.10 Å². The number of nitrogens with one attached hydrogen (secondary N) is 1. The van der Waals surface area contributed by atoms with Gasteiger partial charge < -0.3 is 15.3 Å². The van der Waals surface area contributed by atoms with Gasteiger partial charge in [0, 0.05) is 37.8 Å². The van der Waals surface area contributed by atoms with Gasteiger partial charge in [0.2, 0.25) is 0 Å². The molecule has 0 bridgehead atoms. The molecule has 0 aliphatic carbocycles. The summed E-state index contributed by atoms with van der Waals surface area (Å²) in [4.78, 5) is 6.93. The Morgan fingerprint density at radius 2 is 2.20 bits per heavy atom. The number of anilines is 1. The summed E-state index contributed by atoms with van der Waals surface area (Å²) in [7, 11) is 0. The second kappa shape index (κ2) is 6.55. The van der Waals surface area contributed by atoms with Crippen molar-refractivity contribution in [2.75, 3.05) is 18.0 Å². The van der Waals surface area contributed by atoms with Crippen LogP contribution in [0.15, 0.2) is 12.3 Å². The van der Waals surface area contributed by atoms with E-state index in [4.69, 9.17) is 0 Å². The molecule has 0 amide bonds. The molecule has 112 valence electrons. The molecule has 4 heteroatoms. The molecule has 2 rings (SSSR count). The molecule has 1 aliphatic heterocycles. The standard InChI is InChI=1S/C16H27N3O/c1-11(2)17-8-14-7-12(3)16(18-9-14)19-6-5-15(10-19)13(4)20/h7,9,11,13,15,17,20H,5-6,8,10H2,1-4H3. The normalized spacial score (nSPS) is 20.7. The van der Waals surface area contributed by atoms with Gasteiger partial charge in [-0.1, -0.05) is 13.8 Å². The molecular formula is C16H27N3O. The third-order valence-electron chi connectivity index (χ3n) is 4.03. The fraction of sp³-hybridized carbons (Fsp3) is 0.688. The average molecular weight is 277 g/mol. The van der Waals surface area contributed by atoms with Crippen LogP contribution in [0.4, 0.5) is 5.82 Å². The van der Waals surface area contributed by atoms with Crippen LogP contribution in [0.3, 0.4) is 0 Å². The first-order chi connectivity index (χ1) is 9.47. The number of aliphatic hydroxyl groups is 1.